The molecule has 5 nitrogen and oxygen atoms in total. The molecule has 0 aromatic rings. The third kappa shape index (κ3) is 3.62. The van der Waals surface area contributed by atoms with Gasteiger partial charge in [0.2, 0.25) is 0 Å². The molecule has 0 saturated carbocycles. The second-order valence-electron chi connectivity index (χ2n) is 7.86. The first kappa shape index (κ1) is 18.1. The molecule has 1 aliphatic carbocycles. The first-order valence-electron chi connectivity index (χ1n) is 8.81. The molecule has 1 N–H and O–H groups in total. The van der Waals surface area contributed by atoms with Gasteiger partial charge in [0.05, 0.1) is 11.7 Å². The lowest BCUT2D eigenvalue weighted by atomic mass is 9.84. The Kier molecular flexibility index (Phi) is 4.50. The SMILES string of the molecule is C=C1C(=O)O[C@H]2/C=C(\C)C/C=C/[C@@](C)(O)CC[C@@H]3O[C@]3(C)C(=O)C[C@@H]12. The molecule has 0 spiro atoms. The van der Waals surface area contributed by atoms with Crippen LogP contribution in [0, 0.1) is 5.92 Å². The van der Waals surface area contributed by atoms with Crippen LogP contribution in [0.2, 0.25) is 0 Å². The zero-order chi connectivity index (χ0) is 18.4. The lowest BCUT2D eigenvalue weighted by Crippen LogP contribution is -2.30. The van der Waals surface area contributed by atoms with Crippen LogP contribution in [-0.2, 0) is 19.1 Å². The minimum atomic E-state index is -0.934. The third-order valence-corrected chi connectivity index (χ3v) is 5.53. The van der Waals surface area contributed by atoms with Crippen LogP contribution in [0.1, 0.15) is 46.5 Å². The molecule has 3 aliphatic rings. The highest BCUT2D eigenvalue weighted by Crippen LogP contribution is 2.44. The van der Waals surface area contributed by atoms with Gasteiger partial charge in [-0.15, -0.1) is 0 Å². The summed E-state index contributed by atoms with van der Waals surface area (Å²) in [5.74, 6) is -0.815. The lowest BCUT2D eigenvalue weighted by molar-refractivity contribution is -0.137. The van der Waals surface area contributed by atoms with Gasteiger partial charge in [0.25, 0.3) is 0 Å². The van der Waals surface area contributed by atoms with E-state index >= 15 is 0 Å². The van der Waals surface area contributed by atoms with E-state index in [1.165, 1.54) is 0 Å². The number of rotatable bonds is 0. The smallest absolute Gasteiger partial charge is 0.334 e. The van der Waals surface area contributed by atoms with Crippen LogP contribution in [0.15, 0.2) is 36.0 Å². The molecule has 3 rings (SSSR count). The maximum atomic E-state index is 12.8. The molecule has 2 saturated heterocycles. The second-order valence-corrected chi connectivity index (χ2v) is 7.86. The number of Topliss-reactive ketones (excluding diaryl/α,β-unsaturated/α-hetero) is 1. The van der Waals surface area contributed by atoms with Gasteiger partial charge in [-0.2, -0.15) is 0 Å². The number of carbonyl (C=O) groups is 2. The summed E-state index contributed by atoms with van der Waals surface area (Å²) < 4.78 is 11.1. The molecule has 0 amide bonds. The van der Waals surface area contributed by atoms with E-state index in [2.05, 4.69) is 6.58 Å². The predicted octanol–water partition coefficient (Wildman–Crippen LogP) is 2.64. The summed E-state index contributed by atoms with van der Waals surface area (Å²) in [6, 6.07) is 0. The fourth-order valence-corrected chi connectivity index (χ4v) is 3.62. The van der Waals surface area contributed by atoms with E-state index in [1.54, 1.807) is 19.9 Å². The van der Waals surface area contributed by atoms with E-state index in [9.17, 15) is 14.7 Å². The Bertz CT molecular complexity index is 672. The van der Waals surface area contributed by atoms with Gasteiger partial charge >= 0.3 is 5.97 Å². The molecule has 2 heterocycles. The Balaban J connectivity index is 1.89. The average Bonchev–Trinajstić information content (AvgIpc) is 3.13. The Labute approximate surface area is 148 Å². The number of allylic oxidation sites excluding steroid dienone is 2. The van der Waals surface area contributed by atoms with Crippen molar-refractivity contribution in [3.63, 3.8) is 0 Å². The van der Waals surface area contributed by atoms with Gasteiger partial charge in [-0.1, -0.05) is 24.3 Å². The Morgan fingerprint density at radius 1 is 1.32 bits per heavy atom. The van der Waals surface area contributed by atoms with Crippen molar-refractivity contribution in [2.24, 2.45) is 5.92 Å². The molecule has 0 aromatic heterocycles. The summed E-state index contributed by atoms with van der Waals surface area (Å²) in [6.45, 7) is 9.31. The number of ketones is 1. The van der Waals surface area contributed by atoms with Gasteiger partial charge in [-0.05, 0) is 46.1 Å². The first-order valence-corrected chi connectivity index (χ1v) is 8.81. The van der Waals surface area contributed by atoms with Gasteiger partial charge < -0.3 is 14.6 Å². The van der Waals surface area contributed by atoms with Crippen molar-refractivity contribution in [3.05, 3.63) is 36.0 Å². The highest BCUT2D eigenvalue weighted by molar-refractivity contribution is 5.95. The molecule has 0 unspecified atom stereocenters. The molecule has 0 radical (unpaired) electrons. The van der Waals surface area contributed by atoms with Gasteiger partial charge in [0.15, 0.2) is 5.78 Å². The first-order chi connectivity index (χ1) is 11.6. The van der Waals surface area contributed by atoms with E-state index in [-0.39, 0.29) is 24.2 Å². The van der Waals surface area contributed by atoms with Crippen LogP contribution >= 0.6 is 0 Å². The van der Waals surface area contributed by atoms with Crippen LogP contribution in [0.3, 0.4) is 0 Å². The van der Waals surface area contributed by atoms with Gasteiger partial charge in [0.1, 0.15) is 11.7 Å². The Morgan fingerprint density at radius 2 is 2.04 bits per heavy atom. The van der Waals surface area contributed by atoms with Crippen LogP contribution < -0.4 is 0 Å². The normalized spacial score (nSPS) is 45.5. The number of ether oxygens (including phenoxy) is 2. The number of carbonyl (C=O) groups excluding carboxylic acids is 2. The van der Waals surface area contributed by atoms with Crippen molar-refractivity contribution in [2.75, 3.05) is 0 Å². The third-order valence-electron chi connectivity index (χ3n) is 5.53. The van der Waals surface area contributed by atoms with E-state index in [0.717, 1.165) is 5.57 Å². The molecular formula is C20H26O5. The maximum Gasteiger partial charge on any atom is 0.334 e. The molecular weight excluding hydrogens is 320 g/mol. The van der Waals surface area contributed by atoms with Crippen molar-refractivity contribution in [1.82, 2.24) is 0 Å². The van der Waals surface area contributed by atoms with E-state index in [1.807, 2.05) is 19.1 Å². The van der Waals surface area contributed by atoms with Crippen molar-refractivity contribution in [3.8, 4) is 0 Å². The van der Waals surface area contributed by atoms with Crippen LogP contribution in [0.5, 0.6) is 0 Å². The standard InChI is InChI=1S/C20H26O5/c1-12-6-5-8-19(3,23)9-7-17-20(4,25-17)16(21)11-14-13(2)18(22)24-15(14)10-12/h5,8,10,14-15,17,23H,2,6-7,9,11H2,1,3-4H3/b8-5+,12-10+/t14-,15-,17-,19+,20+/m0/s1. The number of esters is 1. The maximum absolute atomic E-state index is 12.8. The molecule has 25 heavy (non-hydrogen) atoms. The molecule has 2 fully saturated rings. The number of epoxide rings is 1. The summed E-state index contributed by atoms with van der Waals surface area (Å²) >= 11 is 0. The monoisotopic (exact) mass is 346 g/mol. The topological polar surface area (TPSA) is 76.1 Å². The highest BCUT2D eigenvalue weighted by atomic mass is 16.6. The van der Waals surface area contributed by atoms with Crippen LogP contribution in [0.25, 0.3) is 0 Å². The van der Waals surface area contributed by atoms with Crippen molar-refractivity contribution in [2.45, 2.75) is 69.9 Å². The average molecular weight is 346 g/mol. The molecule has 0 aromatic carbocycles. The fraction of sp³-hybridized carbons (Fsp3) is 0.600. The Morgan fingerprint density at radius 3 is 2.76 bits per heavy atom. The van der Waals surface area contributed by atoms with Crippen molar-refractivity contribution < 1.29 is 24.2 Å². The summed E-state index contributed by atoms with van der Waals surface area (Å²) in [5, 5.41) is 10.4. The molecule has 136 valence electrons. The second kappa shape index (κ2) is 6.22. The molecule has 2 aliphatic heterocycles. The molecule has 5 atom stereocenters. The summed E-state index contributed by atoms with van der Waals surface area (Å²) in [6.07, 6.45) is 6.90. The number of fused-ring (bicyclic) bond motifs is 2. The quantitative estimate of drug-likeness (QED) is 0.316. The number of hydrogen-bond donors (Lipinski definition) is 1. The van der Waals surface area contributed by atoms with E-state index in [4.69, 9.17) is 9.47 Å². The lowest BCUT2D eigenvalue weighted by Gasteiger charge is -2.20. The summed E-state index contributed by atoms with van der Waals surface area (Å²) in [4.78, 5) is 24.7. The highest BCUT2D eigenvalue weighted by Gasteiger charge is 2.58. The van der Waals surface area contributed by atoms with E-state index in [0.29, 0.717) is 24.8 Å². The summed E-state index contributed by atoms with van der Waals surface area (Å²) in [7, 11) is 0. The Hall–Kier alpha value is -1.72. The van der Waals surface area contributed by atoms with Gasteiger partial charge in [0, 0.05) is 17.9 Å². The largest absolute Gasteiger partial charge is 0.454 e. The van der Waals surface area contributed by atoms with Crippen molar-refractivity contribution in [1.29, 1.82) is 0 Å². The minimum Gasteiger partial charge on any atom is -0.454 e. The predicted molar refractivity (Wildman–Crippen MR) is 92.8 cm³/mol. The molecule has 5 heteroatoms. The van der Waals surface area contributed by atoms with Crippen molar-refractivity contribution >= 4 is 11.8 Å². The molecule has 0 bridgehead atoms. The van der Waals surface area contributed by atoms with Gasteiger partial charge in [-0.25, -0.2) is 4.79 Å². The zero-order valence-electron chi connectivity index (χ0n) is 15.1. The fourth-order valence-electron chi connectivity index (χ4n) is 3.62. The van der Waals surface area contributed by atoms with Gasteiger partial charge in [-0.3, -0.25) is 4.79 Å². The van der Waals surface area contributed by atoms with Crippen LogP contribution in [-0.4, -0.2) is 40.3 Å². The summed E-state index contributed by atoms with van der Waals surface area (Å²) in [5.41, 5.74) is -0.398. The van der Waals surface area contributed by atoms with Crippen LogP contribution in [0.4, 0.5) is 0 Å². The minimum absolute atomic E-state index is 0.0368. The van der Waals surface area contributed by atoms with E-state index < -0.39 is 23.3 Å². The zero-order valence-corrected chi connectivity index (χ0v) is 15.1. The number of aliphatic hydroxyl groups is 1. The number of hydrogen-bond acceptors (Lipinski definition) is 5.